The molecule has 0 amide bonds. The number of imidazole rings is 1. The SMILES string of the molecule is COc1nc(NCCCn2ccnc2)nc(OC)n1. The minimum Gasteiger partial charge on any atom is -0.467 e. The van der Waals surface area contributed by atoms with Crippen molar-refractivity contribution < 1.29 is 9.47 Å². The Morgan fingerprint density at radius 3 is 2.47 bits per heavy atom. The molecule has 0 aliphatic heterocycles. The number of hydrogen-bond donors (Lipinski definition) is 1. The highest BCUT2D eigenvalue weighted by Crippen LogP contribution is 2.11. The number of rotatable bonds is 7. The van der Waals surface area contributed by atoms with Crippen LogP contribution in [0, 0.1) is 0 Å². The highest BCUT2D eigenvalue weighted by atomic mass is 16.5. The van der Waals surface area contributed by atoms with Crippen molar-refractivity contribution in [1.82, 2.24) is 24.5 Å². The summed E-state index contributed by atoms with van der Waals surface area (Å²) >= 11 is 0. The fourth-order valence-electron chi connectivity index (χ4n) is 1.48. The van der Waals surface area contributed by atoms with Crippen molar-refractivity contribution in [2.24, 2.45) is 0 Å². The monoisotopic (exact) mass is 264 g/mol. The molecule has 0 aliphatic rings. The quantitative estimate of drug-likeness (QED) is 0.732. The van der Waals surface area contributed by atoms with Crippen molar-refractivity contribution in [3.63, 3.8) is 0 Å². The molecule has 0 fully saturated rings. The van der Waals surface area contributed by atoms with Gasteiger partial charge in [0.25, 0.3) is 0 Å². The third-order valence-electron chi connectivity index (χ3n) is 2.39. The maximum Gasteiger partial charge on any atom is 0.324 e. The van der Waals surface area contributed by atoms with E-state index < -0.39 is 0 Å². The summed E-state index contributed by atoms with van der Waals surface area (Å²) in [5.74, 6) is 0.439. The second-order valence-electron chi connectivity index (χ2n) is 3.71. The molecule has 0 bridgehead atoms. The molecule has 8 nitrogen and oxygen atoms in total. The van der Waals surface area contributed by atoms with E-state index in [1.165, 1.54) is 14.2 Å². The Kier molecular flexibility index (Phi) is 4.49. The Balaban J connectivity index is 1.84. The molecule has 0 aliphatic carbocycles. The van der Waals surface area contributed by atoms with Crippen LogP contribution >= 0.6 is 0 Å². The first-order chi connectivity index (χ1) is 9.31. The summed E-state index contributed by atoms with van der Waals surface area (Å²) in [4.78, 5) is 16.1. The van der Waals surface area contributed by atoms with Gasteiger partial charge < -0.3 is 19.4 Å². The number of anilines is 1. The summed E-state index contributed by atoms with van der Waals surface area (Å²) in [5.41, 5.74) is 0. The second kappa shape index (κ2) is 6.53. The van der Waals surface area contributed by atoms with Crippen molar-refractivity contribution in [3.05, 3.63) is 18.7 Å². The van der Waals surface area contributed by atoms with Crippen LogP contribution < -0.4 is 14.8 Å². The van der Waals surface area contributed by atoms with Crippen LogP contribution in [0.5, 0.6) is 12.0 Å². The third kappa shape index (κ3) is 3.80. The minimum absolute atomic E-state index is 0.226. The lowest BCUT2D eigenvalue weighted by molar-refractivity contribution is 0.341. The molecule has 8 heteroatoms. The first kappa shape index (κ1) is 13.1. The van der Waals surface area contributed by atoms with E-state index in [1.807, 2.05) is 10.8 Å². The molecule has 2 heterocycles. The zero-order valence-corrected chi connectivity index (χ0v) is 10.9. The number of aromatic nitrogens is 5. The molecule has 2 aromatic heterocycles. The third-order valence-corrected chi connectivity index (χ3v) is 2.39. The Morgan fingerprint density at radius 1 is 1.16 bits per heavy atom. The van der Waals surface area contributed by atoms with Gasteiger partial charge in [-0.25, -0.2) is 4.98 Å². The van der Waals surface area contributed by atoms with Gasteiger partial charge >= 0.3 is 12.0 Å². The van der Waals surface area contributed by atoms with E-state index in [0.29, 0.717) is 5.95 Å². The van der Waals surface area contributed by atoms with Gasteiger partial charge in [-0.05, 0) is 6.42 Å². The Labute approximate surface area is 110 Å². The van der Waals surface area contributed by atoms with Crippen molar-refractivity contribution in [3.8, 4) is 12.0 Å². The van der Waals surface area contributed by atoms with Gasteiger partial charge in [-0.1, -0.05) is 0 Å². The van der Waals surface area contributed by atoms with Crippen molar-refractivity contribution in [2.75, 3.05) is 26.1 Å². The standard InChI is InChI=1S/C11H16N6O2/c1-18-10-14-9(15-11(16-10)19-2)13-4-3-6-17-7-5-12-8-17/h5,7-8H,3-4,6H2,1-2H3,(H,13,14,15,16). The summed E-state index contributed by atoms with van der Waals surface area (Å²) < 4.78 is 11.9. The van der Waals surface area contributed by atoms with Crippen molar-refractivity contribution in [1.29, 1.82) is 0 Å². The minimum atomic E-state index is 0.226. The Morgan fingerprint density at radius 2 is 1.89 bits per heavy atom. The summed E-state index contributed by atoms with van der Waals surface area (Å²) in [5, 5.41) is 3.10. The molecule has 2 aromatic rings. The predicted molar refractivity (Wildman–Crippen MR) is 68.3 cm³/mol. The average Bonchev–Trinajstić information content (AvgIpc) is 2.96. The van der Waals surface area contributed by atoms with E-state index in [9.17, 15) is 0 Å². The van der Waals surface area contributed by atoms with Crippen molar-refractivity contribution in [2.45, 2.75) is 13.0 Å². The van der Waals surface area contributed by atoms with Crippen LogP contribution in [-0.2, 0) is 6.54 Å². The predicted octanol–water partition coefficient (Wildman–Crippen LogP) is 0.587. The largest absolute Gasteiger partial charge is 0.467 e. The maximum absolute atomic E-state index is 4.97. The molecule has 19 heavy (non-hydrogen) atoms. The van der Waals surface area contributed by atoms with Gasteiger partial charge in [0.1, 0.15) is 0 Å². The zero-order chi connectivity index (χ0) is 13.5. The van der Waals surface area contributed by atoms with Crippen molar-refractivity contribution >= 4 is 5.95 Å². The van der Waals surface area contributed by atoms with Gasteiger partial charge in [0.05, 0.1) is 20.5 Å². The summed E-state index contributed by atoms with van der Waals surface area (Å²) in [6, 6.07) is 0.452. The van der Waals surface area contributed by atoms with Crippen LogP contribution in [0.1, 0.15) is 6.42 Å². The van der Waals surface area contributed by atoms with E-state index >= 15 is 0 Å². The Bertz CT molecular complexity index is 480. The number of hydrogen-bond acceptors (Lipinski definition) is 7. The zero-order valence-electron chi connectivity index (χ0n) is 10.9. The molecule has 0 unspecified atom stereocenters. The second-order valence-corrected chi connectivity index (χ2v) is 3.71. The van der Waals surface area contributed by atoms with Gasteiger partial charge in [-0.2, -0.15) is 9.97 Å². The highest BCUT2D eigenvalue weighted by Gasteiger charge is 2.06. The lowest BCUT2D eigenvalue weighted by atomic mass is 10.4. The van der Waals surface area contributed by atoms with Crippen LogP contribution in [0.2, 0.25) is 0 Å². The maximum atomic E-state index is 4.97. The number of nitrogens with zero attached hydrogens (tertiary/aromatic N) is 5. The lowest BCUT2D eigenvalue weighted by Gasteiger charge is -2.07. The van der Waals surface area contributed by atoms with Crippen LogP contribution in [0.25, 0.3) is 0 Å². The molecule has 102 valence electrons. The van der Waals surface area contributed by atoms with E-state index in [-0.39, 0.29) is 12.0 Å². The molecule has 0 atom stereocenters. The molecule has 1 N–H and O–H groups in total. The lowest BCUT2D eigenvalue weighted by Crippen LogP contribution is -2.10. The summed E-state index contributed by atoms with van der Waals surface area (Å²) in [6.45, 7) is 1.61. The first-order valence-corrected chi connectivity index (χ1v) is 5.85. The molecule has 0 saturated heterocycles. The number of methoxy groups -OCH3 is 2. The fourth-order valence-corrected chi connectivity index (χ4v) is 1.48. The van der Waals surface area contributed by atoms with Crippen LogP contribution in [0.3, 0.4) is 0 Å². The van der Waals surface area contributed by atoms with E-state index in [4.69, 9.17) is 9.47 Å². The summed E-state index contributed by atoms with van der Waals surface area (Å²) in [6.07, 6.45) is 6.39. The summed E-state index contributed by atoms with van der Waals surface area (Å²) in [7, 11) is 3.00. The normalized spacial score (nSPS) is 10.2. The van der Waals surface area contributed by atoms with Crippen LogP contribution in [0.4, 0.5) is 5.95 Å². The molecule has 2 rings (SSSR count). The smallest absolute Gasteiger partial charge is 0.324 e. The Hall–Kier alpha value is -2.38. The molecule has 0 radical (unpaired) electrons. The van der Waals surface area contributed by atoms with E-state index in [1.54, 1.807) is 12.5 Å². The number of nitrogens with one attached hydrogen (secondary N) is 1. The molecule has 0 spiro atoms. The topological polar surface area (TPSA) is 87.0 Å². The van der Waals surface area contributed by atoms with Crippen LogP contribution in [0.15, 0.2) is 18.7 Å². The van der Waals surface area contributed by atoms with E-state index in [0.717, 1.165) is 19.5 Å². The van der Waals surface area contributed by atoms with Gasteiger partial charge in [0.2, 0.25) is 5.95 Å². The van der Waals surface area contributed by atoms with Gasteiger partial charge in [0, 0.05) is 25.5 Å². The van der Waals surface area contributed by atoms with Crippen LogP contribution in [-0.4, -0.2) is 45.3 Å². The molecular weight excluding hydrogens is 248 g/mol. The van der Waals surface area contributed by atoms with Gasteiger partial charge in [-0.15, -0.1) is 4.98 Å². The van der Waals surface area contributed by atoms with Gasteiger partial charge in [0.15, 0.2) is 0 Å². The van der Waals surface area contributed by atoms with Gasteiger partial charge in [-0.3, -0.25) is 0 Å². The first-order valence-electron chi connectivity index (χ1n) is 5.85. The molecule has 0 saturated carbocycles. The number of ether oxygens (including phenoxy) is 2. The van der Waals surface area contributed by atoms with E-state index in [2.05, 4.69) is 25.3 Å². The molecular formula is C11H16N6O2. The number of aryl methyl sites for hydroxylation is 1. The fraction of sp³-hybridized carbons (Fsp3) is 0.455. The molecule has 0 aromatic carbocycles. The highest BCUT2D eigenvalue weighted by molar-refractivity contribution is 5.27. The average molecular weight is 264 g/mol.